The van der Waals surface area contributed by atoms with Gasteiger partial charge >= 0.3 is 0 Å². The van der Waals surface area contributed by atoms with E-state index in [1.807, 2.05) is 4.68 Å². The highest BCUT2D eigenvalue weighted by atomic mass is 79.9. The third kappa shape index (κ3) is 2.89. The highest BCUT2D eigenvalue weighted by Crippen LogP contribution is 2.28. The van der Waals surface area contributed by atoms with Crippen LogP contribution in [0.5, 0.6) is 0 Å². The monoisotopic (exact) mass is 364 g/mol. The molecule has 1 unspecified atom stereocenters. The van der Waals surface area contributed by atoms with Gasteiger partial charge in [-0.05, 0) is 45.9 Å². The molecule has 3 rings (SSSR count). The van der Waals surface area contributed by atoms with Crippen LogP contribution in [0.2, 0.25) is 0 Å². The number of hydrazine groups is 1. The number of nitrogens with two attached hydrogens (primary N) is 1. The summed E-state index contributed by atoms with van der Waals surface area (Å²) < 4.78 is 3.16. The molecule has 21 heavy (non-hydrogen) atoms. The molecular weight excluding hydrogens is 348 g/mol. The average molecular weight is 365 g/mol. The van der Waals surface area contributed by atoms with Gasteiger partial charge in [0, 0.05) is 18.4 Å². The lowest BCUT2D eigenvalue weighted by atomic mass is 10.0. The van der Waals surface area contributed by atoms with Crippen LogP contribution in [0.15, 0.2) is 39.5 Å². The molecular formula is C15H17BrN4S. The quantitative estimate of drug-likeness (QED) is 0.536. The van der Waals surface area contributed by atoms with E-state index < -0.39 is 0 Å². The fourth-order valence-corrected chi connectivity index (χ4v) is 3.79. The Kier molecular flexibility index (Phi) is 4.40. The van der Waals surface area contributed by atoms with Crippen molar-refractivity contribution >= 4 is 38.2 Å². The number of hydrogen-bond acceptors (Lipinski definition) is 4. The average Bonchev–Trinajstić information content (AvgIpc) is 3.09. The second-order valence-corrected chi connectivity index (χ2v) is 7.18. The maximum atomic E-state index is 5.75. The third-order valence-corrected chi connectivity index (χ3v) is 5.15. The Hall–Kier alpha value is -1.21. The lowest BCUT2D eigenvalue weighted by molar-refractivity contribution is 0.541. The Morgan fingerprint density at radius 2 is 2.24 bits per heavy atom. The lowest BCUT2D eigenvalue weighted by Gasteiger charge is -2.13. The van der Waals surface area contributed by atoms with Gasteiger partial charge in [-0.2, -0.15) is 5.10 Å². The molecule has 6 heteroatoms. The summed E-state index contributed by atoms with van der Waals surface area (Å²) in [6.07, 6.45) is 0.771. The van der Waals surface area contributed by atoms with E-state index in [2.05, 4.69) is 64.0 Å². The van der Waals surface area contributed by atoms with E-state index in [1.54, 1.807) is 11.3 Å². The van der Waals surface area contributed by atoms with Crippen molar-refractivity contribution in [2.45, 2.75) is 25.9 Å². The summed E-state index contributed by atoms with van der Waals surface area (Å²) in [5, 5.41) is 8.06. The van der Waals surface area contributed by atoms with E-state index in [4.69, 9.17) is 10.9 Å². The van der Waals surface area contributed by atoms with Crippen LogP contribution in [-0.4, -0.2) is 9.78 Å². The van der Waals surface area contributed by atoms with Gasteiger partial charge in [-0.25, -0.2) is 0 Å². The van der Waals surface area contributed by atoms with Crippen LogP contribution < -0.4 is 11.3 Å². The molecule has 2 aromatic heterocycles. The zero-order valence-corrected chi connectivity index (χ0v) is 14.1. The Balaban J connectivity index is 1.97. The number of benzene rings is 1. The minimum atomic E-state index is 0.0659. The summed E-state index contributed by atoms with van der Waals surface area (Å²) in [5.74, 6) is 5.75. The number of aryl methyl sites for hydroxylation is 1. The number of nitrogens with zero attached hydrogens (tertiary/aromatic N) is 2. The zero-order chi connectivity index (χ0) is 14.8. The van der Waals surface area contributed by atoms with Crippen molar-refractivity contribution in [1.82, 2.24) is 15.2 Å². The molecule has 0 aliphatic heterocycles. The van der Waals surface area contributed by atoms with Crippen LogP contribution in [0.1, 0.15) is 24.2 Å². The third-order valence-electron chi connectivity index (χ3n) is 3.62. The first-order valence-corrected chi connectivity index (χ1v) is 8.54. The van der Waals surface area contributed by atoms with E-state index in [-0.39, 0.29) is 6.04 Å². The molecule has 0 aliphatic rings. The van der Waals surface area contributed by atoms with E-state index in [0.717, 1.165) is 22.4 Å². The summed E-state index contributed by atoms with van der Waals surface area (Å²) >= 11 is 5.17. The molecule has 0 saturated carbocycles. The Morgan fingerprint density at radius 3 is 2.90 bits per heavy atom. The molecule has 3 aromatic rings. The molecule has 1 aromatic carbocycles. The molecule has 3 N–H and O–H groups in total. The summed E-state index contributed by atoms with van der Waals surface area (Å²) in [7, 11) is 0. The van der Waals surface area contributed by atoms with Gasteiger partial charge in [-0.1, -0.05) is 18.2 Å². The van der Waals surface area contributed by atoms with Crippen molar-refractivity contribution in [3.8, 4) is 0 Å². The first-order valence-electron chi connectivity index (χ1n) is 6.87. The predicted octanol–water partition coefficient (Wildman–Crippen LogP) is 3.63. The topological polar surface area (TPSA) is 55.9 Å². The highest BCUT2D eigenvalue weighted by Gasteiger charge is 2.17. The molecule has 4 nitrogen and oxygen atoms in total. The van der Waals surface area contributed by atoms with Gasteiger partial charge in [-0.15, -0.1) is 11.3 Å². The van der Waals surface area contributed by atoms with E-state index >= 15 is 0 Å². The molecule has 0 radical (unpaired) electrons. The maximum absolute atomic E-state index is 5.75. The summed E-state index contributed by atoms with van der Waals surface area (Å²) in [5.41, 5.74) is 6.35. The minimum Gasteiger partial charge on any atom is -0.271 e. The van der Waals surface area contributed by atoms with Gasteiger partial charge in [0.2, 0.25) is 0 Å². The second-order valence-electron chi connectivity index (χ2n) is 4.89. The minimum absolute atomic E-state index is 0.0659. The molecule has 0 bridgehead atoms. The van der Waals surface area contributed by atoms with Crippen LogP contribution in [0.3, 0.4) is 0 Å². The lowest BCUT2D eigenvalue weighted by Crippen LogP contribution is -2.29. The van der Waals surface area contributed by atoms with Gasteiger partial charge < -0.3 is 0 Å². The van der Waals surface area contributed by atoms with Crippen LogP contribution in [-0.2, 0) is 13.0 Å². The van der Waals surface area contributed by atoms with Crippen molar-refractivity contribution in [1.29, 1.82) is 0 Å². The largest absolute Gasteiger partial charge is 0.271 e. The van der Waals surface area contributed by atoms with Crippen molar-refractivity contribution in [3.05, 3.63) is 50.8 Å². The van der Waals surface area contributed by atoms with Crippen LogP contribution in [0.25, 0.3) is 10.9 Å². The Labute approximate surface area is 136 Å². The molecule has 0 saturated heterocycles. The molecule has 0 amide bonds. The molecule has 2 heterocycles. The number of rotatable bonds is 5. The van der Waals surface area contributed by atoms with Gasteiger partial charge in [0.15, 0.2) is 0 Å². The first kappa shape index (κ1) is 14.7. The highest BCUT2D eigenvalue weighted by molar-refractivity contribution is 9.11. The standard InChI is InChI=1S/C15H17BrN4S/c1-2-20-14-6-4-3-5-11(14)13(19-20)8-12(18-17)10-7-15(16)21-9-10/h3-7,9,12,18H,2,8,17H2,1H3. The van der Waals surface area contributed by atoms with Gasteiger partial charge in [0.05, 0.1) is 21.0 Å². The molecule has 110 valence electrons. The summed E-state index contributed by atoms with van der Waals surface area (Å²) in [6.45, 7) is 2.98. The fraction of sp³-hybridized carbons (Fsp3) is 0.267. The molecule has 0 fully saturated rings. The number of nitrogens with one attached hydrogen (secondary N) is 1. The molecule has 1 atom stereocenters. The maximum Gasteiger partial charge on any atom is 0.0722 e. The fourth-order valence-electron chi connectivity index (χ4n) is 2.56. The second kappa shape index (κ2) is 6.27. The number of thiophene rings is 1. The van der Waals surface area contributed by atoms with Gasteiger partial charge in [-0.3, -0.25) is 16.0 Å². The number of hydrogen-bond donors (Lipinski definition) is 2. The summed E-state index contributed by atoms with van der Waals surface area (Å²) in [4.78, 5) is 0. The Bertz CT molecular complexity index is 749. The summed E-state index contributed by atoms with van der Waals surface area (Å²) in [6, 6.07) is 10.5. The first-order chi connectivity index (χ1) is 10.2. The number of fused-ring (bicyclic) bond motifs is 1. The predicted molar refractivity (Wildman–Crippen MR) is 91.2 cm³/mol. The van der Waals surface area contributed by atoms with E-state index in [9.17, 15) is 0 Å². The van der Waals surface area contributed by atoms with Crippen molar-refractivity contribution in [2.24, 2.45) is 5.84 Å². The number of halogens is 1. The SMILES string of the molecule is CCn1nc(CC(NN)c2csc(Br)c2)c2ccccc21. The molecule has 0 spiro atoms. The number of para-hydroxylation sites is 1. The number of aromatic nitrogens is 2. The smallest absolute Gasteiger partial charge is 0.0722 e. The van der Waals surface area contributed by atoms with E-state index in [1.165, 1.54) is 16.5 Å². The van der Waals surface area contributed by atoms with Crippen LogP contribution in [0, 0.1) is 0 Å². The van der Waals surface area contributed by atoms with Crippen LogP contribution >= 0.6 is 27.3 Å². The van der Waals surface area contributed by atoms with Crippen molar-refractivity contribution < 1.29 is 0 Å². The van der Waals surface area contributed by atoms with Gasteiger partial charge in [0.1, 0.15) is 0 Å². The van der Waals surface area contributed by atoms with Crippen molar-refractivity contribution in [3.63, 3.8) is 0 Å². The van der Waals surface area contributed by atoms with Gasteiger partial charge in [0.25, 0.3) is 0 Å². The van der Waals surface area contributed by atoms with E-state index in [0.29, 0.717) is 0 Å². The normalized spacial score (nSPS) is 12.9. The van der Waals surface area contributed by atoms with Crippen molar-refractivity contribution in [2.75, 3.05) is 0 Å². The zero-order valence-electron chi connectivity index (χ0n) is 11.7. The van der Waals surface area contributed by atoms with Crippen LogP contribution in [0.4, 0.5) is 0 Å². The molecule has 0 aliphatic carbocycles. The Morgan fingerprint density at radius 1 is 1.43 bits per heavy atom.